The standard InChI is InChI=1S/C19H27N3O4/c1-11-6-9-14(21-17(24)13-7-8-13)10-15(11)22-16(23)12(2)20-18(25)26-19(3,4)5/h6,9-10,12-13H,7-8H2,1-5H3,(H,20,25)(H,21,24)(H,22,23). The summed E-state index contributed by atoms with van der Waals surface area (Å²) >= 11 is 0. The van der Waals surface area contributed by atoms with Crippen LogP contribution in [0.4, 0.5) is 16.2 Å². The molecule has 1 unspecified atom stereocenters. The molecular formula is C19H27N3O4. The van der Waals surface area contributed by atoms with E-state index in [0.29, 0.717) is 11.4 Å². The minimum Gasteiger partial charge on any atom is -0.444 e. The Hall–Kier alpha value is -2.57. The predicted molar refractivity (Wildman–Crippen MR) is 100.0 cm³/mol. The van der Waals surface area contributed by atoms with E-state index in [4.69, 9.17) is 4.74 Å². The van der Waals surface area contributed by atoms with Crippen LogP contribution in [0.2, 0.25) is 0 Å². The molecule has 3 amide bonds. The van der Waals surface area contributed by atoms with Crippen LogP contribution in [-0.2, 0) is 14.3 Å². The third-order valence-electron chi connectivity index (χ3n) is 3.84. The lowest BCUT2D eigenvalue weighted by atomic mass is 10.1. The van der Waals surface area contributed by atoms with Crippen molar-refractivity contribution in [3.8, 4) is 0 Å². The normalized spacial score (nSPS) is 15.0. The Morgan fingerprint density at radius 3 is 2.38 bits per heavy atom. The second kappa shape index (κ2) is 7.76. The van der Waals surface area contributed by atoms with E-state index in [2.05, 4.69) is 16.0 Å². The fraction of sp³-hybridized carbons (Fsp3) is 0.526. The maximum Gasteiger partial charge on any atom is 0.408 e. The fourth-order valence-electron chi connectivity index (χ4n) is 2.22. The predicted octanol–water partition coefficient (Wildman–Crippen LogP) is 3.20. The van der Waals surface area contributed by atoms with Gasteiger partial charge in [0.15, 0.2) is 0 Å². The van der Waals surface area contributed by atoms with Crippen molar-refractivity contribution in [1.29, 1.82) is 0 Å². The molecule has 0 heterocycles. The first-order valence-electron chi connectivity index (χ1n) is 8.77. The van der Waals surface area contributed by atoms with Crippen molar-refractivity contribution in [3.05, 3.63) is 23.8 Å². The van der Waals surface area contributed by atoms with Crippen molar-refractivity contribution in [3.63, 3.8) is 0 Å². The summed E-state index contributed by atoms with van der Waals surface area (Å²) in [4.78, 5) is 36.0. The van der Waals surface area contributed by atoms with Crippen molar-refractivity contribution in [2.75, 3.05) is 10.6 Å². The molecule has 1 saturated carbocycles. The highest BCUT2D eigenvalue weighted by atomic mass is 16.6. The van der Waals surface area contributed by atoms with Gasteiger partial charge in [0, 0.05) is 17.3 Å². The van der Waals surface area contributed by atoms with Gasteiger partial charge in [-0.15, -0.1) is 0 Å². The number of anilines is 2. The summed E-state index contributed by atoms with van der Waals surface area (Å²) in [5.41, 5.74) is 1.44. The number of aryl methyl sites for hydroxylation is 1. The molecular weight excluding hydrogens is 334 g/mol. The number of amides is 3. The number of nitrogens with one attached hydrogen (secondary N) is 3. The quantitative estimate of drug-likeness (QED) is 0.750. The van der Waals surface area contributed by atoms with E-state index in [1.807, 2.05) is 13.0 Å². The van der Waals surface area contributed by atoms with E-state index in [9.17, 15) is 14.4 Å². The van der Waals surface area contributed by atoms with E-state index < -0.39 is 17.7 Å². The average molecular weight is 361 g/mol. The summed E-state index contributed by atoms with van der Waals surface area (Å²) in [5, 5.41) is 8.13. The number of benzene rings is 1. The average Bonchev–Trinajstić information content (AvgIpc) is 3.33. The van der Waals surface area contributed by atoms with E-state index >= 15 is 0 Å². The summed E-state index contributed by atoms with van der Waals surface area (Å²) in [6, 6.07) is 4.57. The van der Waals surface area contributed by atoms with Gasteiger partial charge in [0.25, 0.3) is 0 Å². The molecule has 3 N–H and O–H groups in total. The Morgan fingerprint density at radius 2 is 1.81 bits per heavy atom. The maximum absolute atomic E-state index is 12.3. The van der Waals surface area contributed by atoms with Gasteiger partial charge in [-0.3, -0.25) is 9.59 Å². The molecule has 0 aromatic heterocycles. The molecule has 7 nitrogen and oxygen atoms in total. The lowest BCUT2D eigenvalue weighted by molar-refractivity contribution is -0.118. The van der Waals surface area contributed by atoms with Gasteiger partial charge in [0.2, 0.25) is 11.8 Å². The Balaban J connectivity index is 1.96. The molecule has 142 valence electrons. The van der Waals surface area contributed by atoms with E-state index in [1.54, 1.807) is 39.8 Å². The molecule has 1 aromatic carbocycles. The van der Waals surface area contributed by atoms with Gasteiger partial charge in [-0.05, 0) is 65.2 Å². The van der Waals surface area contributed by atoms with Gasteiger partial charge in [-0.1, -0.05) is 6.07 Å². The highest BCUT2D eigenvalue weighted by Gasteiger charge is 2.29. The molecule has 1 atom stereocenters. The zero-order chi connectivity index (χ0) is 19.5. The SMILES string of the molecule is Cc1ccc(NC(=O)C2CC2)cc1NC(=O)C(C)NC(=O)OC(C)(C)C. The Kier molecular flexibility index (Phi) is 5.90. The van der Waals surface area contributed by atoms with Gasteiger partial charge < -0.3 is 20.7 Å². The van der Waals surface area contributed by atoms with Crippen molar-refractivity contribution < 1.29 is 19.1 Å². The van der Waals surface area contributed by atoms with Gasteiger partial charge >= 0.3 is 6.09 Å². The van der Waals surface area contributed by atoms with Crippen LogP contribution in [0.1, 0.15) is 46.1 Å². The van der Waals surface area contributed by atoms with Gasteiger partial charge in [-0.2, -0.15) is 0 Å². The minimum absolute atomic E-state index is 0.00564. The van der Waals surface area contributed by atoms with Gasteiger partial charge in [-0.25, -0.2) is 4.79 Å². The van der Waals surface area contributed by atoms with Gasteiger partial charge in [0.1, 0.15) is 11.6 Å². The van der Waals surface area contributed by atoms with Crippen LogP contribution in [0, 0.1) is 12.8 Å². The molecule has 1 aromatic rings. The zero-order valence-corrected chi connectivity index (χ0v) is 15.9. The van der Waals surface area contributed by atoms with Crippen molar-refractivity contribution in [2.45, 2.75) is 59.1 Å². The largest absolute Gasteiger partial charge is 0.444 e. The van der Waals surface area contributed by atoms with Crippen LogP contribution < -0.4 is 16.0 Å². The number of ether oxygens (including phenoxy) is 1. The van der Waals surface area contributed by atoms with E-state index in [0.717, 1.165) is 18.4 Å². The minimum atomic E-state index is -0.769. The monoisotopic (exact) mass is 361 g/mol. The topological polar surface area (TPSA) is 96.5 Å². The molecule has 1 fully saturated rings. The molecule has 0 aliphatic heterocycles. The number of hydrogen-bond acceptors (Lipinski definition) is 4. The first-order chi connectivity index (χ1) is 12.0. The highest BCUT2D eigenvalue weighted by Crippen LogP contribution is 2.30. The molecule has 0 spiro atoms. The second-order valence-electron chi connectivity index (χ2n) is 7.65. The molecule has 0 saturated heterocycles. The molecule has 0 radical (unpaired) electrons. The second-order valence-corrected chi connectivity index (χ2v) is 7.65. The van der Waals surface area contributed by atoms with Crippen molar-refractivity contribution in [1.82, 2.24) is 5.32 Å². The number of carbonyl (C=O) groups is 3. The molecule has 0 bridgehead atoms. The number of rotatable bonds is 5. The van der Waals surface area contributed by atoms with Gasteiger partial charge in [0.05, 0.1) is 0 Å². The molecule has 2 rings (SSSR count). The van der Waals surface area contributed by atoms with Crippen molar-refractivity contribution in [2.24, 2.45) is 5.92 Å². The summed E-state index contributed by atoms with van der Waals surface area (Å²) in [5.74, 6) is -0.261. The highest BCUT2D eigenvalue weighted by molar-refractivity contribution is 5.98. The fourth-order valence-corrected chi connectivity index (χ4v) is 2.22. The summed E-state index contributed by atoms with van der Waals surface area (Å²) in [7, 11) is 0. The Labute approximate surface area is 153 Å². The Bertz CT molecular complexity index is 705. The van der Waals surface area contributed by atoms with Crippen LogP contribution in [-0.4, -0.2) is 29.6 Å². The first kappa shape index (κ1) is 19.8. The smallest absolute Gasteiger partial charge is 0.408 e. The van der Waals surface area contributed by atoms with Crippen LogP contribution in [0.15, 0.2) is 18.2 Å². The molecule has 1 aliphatic carbocycles. The maximum atomic E-state index is 12.3. The van der Waals surface area contributed by atoms with E-state index in [-0.39, 0.29) is 17.7 Å². The summed E-state index contributed by atoms with van der Waals surface area (Å²) in [6.07, 6.45) is 1.20. The third-order valence-corrected chi connectivity index (χ3v) is 3.84. The lowest BCUT2D eigenvalue weighted by Crippen LogP contribution is -2.44. The van der Waals surface area contributed by atoms with E-state index in [1.165, 1.54) is 0 Å². The summed E-state index contributed by atoms with van der Waals surface area (Å²) < 4.78 is 5.15. The molecule has 26 heavy (non-hydrogen) atoms. The number of alkyl carbamates (subject to hydrolysis) is 1. The molecule has 1 aliphatic rings. The Morgan fingerprint density at radius 1 is 1.15 bits per heavy atom. The number of carbonyl (C=O) groups excluding carboxylic acids is 3. The third kappa shape index (κ3) is 6.06. The lowest BCUT2D eigenvalue weighted by Gasteiger charge is -2.22. The summed E-state index contributed by atoms with van der Waals surface area (Å²) in [6.45, 7) is 8.69. The van der Waals surface area contributed by atoms with Crippen LogP contribution in [0.3, 0.4) is 0 Å². The van der Waals surface area contributed by atoms with Crippen LogP contribution in [0.5, 0.6) is 0 Å². The van der Waals surface area contributed by atoms with Crippen molar-refractivity contribution >= 4 is 29.3 Å². The van der Waals surface area contributed by atoms with Crippen LogP contribution >= 0.6 is 0 Å². The molecule has 7 heteroatoms. The first-order valence-corrected chi connectivity index (χ1v) is 8.77. The number of hydrogen-bond donors (Lipinski definition) is 3. The zero-order valence-electron chi connectivity index (χ0n) is 15.9. The van der Waals surface area contributed by atoms with Crippen LogP contribution in [0.25, 0.3) is 0 Å².